The SMILES string of the molecule is Fc1cccc(C2CNCCC23CCSCC3)c1. The molecule has 1 N–H and O–H groups in total. The minimum Gasteiger partial charge on any atom is -0.316 e. The van der Waals surface area contributed by atoms with E-state index in [1.165, 1.54) is 36.3 Å². The zero-order valence-electron chi connectivity index (χ0n) is 10.6. The monoisotopic (exact) mass is 265 g/mol. The molecular formula is C15H20FNS. The highest BCUT2D eigenvalue weighted by Gasteiger charge is 2.42. The van der Waals surface area contributed by atoms with Gasteiger partial charge in [-0.05, 0) is 60.4 Å². The predicted octanol–water partition coefficient (Wildman–Crippen LogP) is 3.42. The van der Waals surface area contributed by atoms with Crippen molar-refractivity contribution >= 4 is 11.8 Å². The number of hydrogen-bond donors (Lipinski definition) is 1. The Labute approximate surface area is 113 Å². The van der Waals surface area contributed by atoms with Crippen LogP contribution in [-0.2, 0) is 0 Å². The van der Waals surface area contributed by atoms with Crippen LogP contribution in [0.15, 0.2) is 24.3 Å². The van der Waals surface area contributed by atoms with Crippen LogP contribution in [0.5, 0.6) is 0 Å². The summed E-state index contributed by atoms with van der Waals surface area (Å²) in [5, 5.41) is 3.50. The summed E-state index contributed by atoms with van der Waals surface area (Å²) in [6.07, 6.45) is 3.83. The van der Waals surface area contributed by atoms with E-state index in [-0.39, 0.29) is 5.82 Å². The number of halogens is 1. The van der Waals surface area contributed by atoms with E-state index in [9.17, 15) is 4.39 Å². The Balaban J connectivity index is 1.91. The molecule has 1 aromatic rings. The zero-order chi connectivity index (χ0) is 12.4. The van der Waals surface area contributed by atoms with Crippen LogP contribution in [0.2, 0.25) is 0 Å². The van der Waals surface area contributed by atoms with Crippen molar-refractivity contribution in [1.29, 1.82) is 0 Å². The molecular weight excluding hydrogens is 245 g/mol. The Morgan fingerprint density at radius 2 is 2.06 bits per heavy atom. The fourth-order valence-electron chi connectivity index (χ4n) is 3.55. The minimum absolute atomic E-state index is 0.0987. The van der Waals surface area contributed by atoms with Crippen molar-refractivity contribution in [2.24, 2.45) is 5.41 Å². The highest BCUT2D eigenvalue weighted by molar-refractivity contribution is 7.99. The van der Waals surface area contributed by atoms with Crippen LogP contribution in [-0.4, -0.2) is 24.6 Å². The molecule has 1 nitrogen and oxygen atoms in total. The van der Waals surface area contributed by atoms with Crippen molar-refractivity contribution in [3.8, 4) is 0 Å². The second-order valence-corrected chi connectivity index (χ2v) is 6.76. The van der Waals surface area contributed by atoms with Crippen molar-refractivity contribution < 1.29 is 4.39 Å². The van der Waals surface area contributed by atoms with Crippen molar-refractivity contribution in [3.63, 3.8) is 0 Å². The third-order valence-corrected chi connectivity index (χ3v) is 5.61. The smallest absolute Gasteiger partial charge is 0.123 e. The van der Waals surface area contributed by atoms with Crippen molar-refractivity contribution in [2.45, 2.75) is 25.2 Å². The molecule has 3 rings (SSSR count). The first-order chi connectivity index (χ1) is 8.80. The molecule has 1 aromatic carbocycles. The molecule has 2 fully saturated rings. The maximum absolute atomic E-state index is 13.5. The molecule has 1 spiro atoms. The molecule has 0 aromatic heterocycles. The normalized spacial score (nSPS) is 27.3. The Morgan fingerprint density at radius 1 is 1.22 bits per heavy atom. The Hall–Kier alpha value is -0.540. The van der Waals surface area contributed by atoms with Crippen LogP contribution in [0.25, 0.3) is 0 Å². The van der Waals surface area contributed by atoms with Gasteiger partial charge in [0, 0.05) is 12.5 Å². The van der Waals surface area contributed by atoms with Crippen LogP contribution in [0.1, 0.15) is 30.7 Å². The van der Waals surface area contributed by atoms with Gasteiger partial charge in [-0.1, -0.05) is 12.1 Å². The molecule has 0 saturated carbocycles. The zero-order valence-corrected chi connectivity index (χ0v) is 11.4. The fourth-order valence-corrected chi connectivity index (χ4v) is 4.85. The van der Waals surface area contributed by atoms with Gasteiger partial charge < -0.3 is 5.32 Å². The van der Waals surface area contributed by atoms with E-state index in [0.717, 1.165) is 13.1 Å². The van der Waals surface area contributed by atoms with Crippen molar-refractivity contribution in [2.75, 3.05) is 24.6 Å². The summed E-state index contributed by atoms with van der Waals surface area (Å²) < 4.78 is 13.5. The van der Waals surface area contributed by atoms with E-state index in [1.807, 2.05) is 6.07 Å². The quantitative estimate of drug-likeness (QED) is 0.835. The highest BCUT2D eigenvalue weighted by atomic mass is 32.2. The standard InChI is InChI=1S/C15H20FNS/c16-13-3-1-2-12(10-13)14-11-17-7-4-15(14)5-8-18-9-6-15/h1-3,10,14,17H,4-9,11H2. The summed E-state index contributed by atoms with van der Waals surface area (Å²) in [5.41, 5.74) is 1.61. The van der Waals surface area contributed by atoms with Gasteiger partial charge in [0.2, 0.25) is 0 Å². The summed E-state index contributed by atoms with van der Waals surface area (Å²) in [7, 11) is 0. The number of piperidine rings is 1. The summed E-state index contributed by atoms with van der Waals surface area (Å²) >= 11 is 2.07. The van der Waals surface area contributed by atoms with Crippen molar-refractivity contribution in [1.82, 2.24) is 5.32 Å². The largest absolute Gasteiger partial charge is 0.316 e. The molecule has 1 unspecified atom stereocenters. The molecule has 2 aliphatic heterocycles. The first-order valence-corrected chi connectivity index (χ1v) is 8.00. The lowest BCUT2D eigenvalue weighted by molar-refractivity contribution is 0.147. The summed E-state index contributed by atoms with van der Waals surface area (Å²) in [6, 6.07) is 7.24. The molecule has 0 amide bonds. The predicted molar refractivity (Wildman–Crippen MR) is 75.6 cm³/mol. The first kappa shape index (κ1) is 12.5. The van der Waals surface area contributed by atoms with Crippen LogP contribution >= 0.6 is 11.8 Å². The average molecular weight is 265 g/mol. The topological polar surface area (TPSA) is 12.0 Å². The Morgan fingerprint density at radius 3 is 2.83 bits per heavy atom. The molecule has 0 radical (unpaired) electrons. The molecule has 98 valence electrons. The van der Waals surface area contributed by atoms with Gasteiger partial charge in [0.25, 0.3) is 0 Å². The van der Waals surface area contributed by atoms with Gasteiger partial charge in [0.15, 0.2) is 0 Å². The van der Waals surface area contributed by atoms with Crippen molar-refractivity contribution in [3.05, 3.63) is 35.6 Å². The first-order valence-electron chi connectivity index (χ1n) is 6.84. The fraction of sp³-hybridized carbons (Fsp3) is 0.600. The lowest BCUT2D eigenvalue weighted by Gasteiger charge is -2.47. The summed E-state index contributed by atoms with van der Waals surface area (Å²) in [4.78, 5) is 0. The van der Waals surface area contributed by atoms with E-state index in [4.69, 9.17) is 0 Å². The molecule has 2 saturated heterocycles. The maximum atomic E-state index is 13.5. The second kappa shape index (κ2) is 5.22. The van der Waals surface area contributed by atoms with Crippen LogP contribution in [0, 0.1) is 11.2 Å². The lowest BCUT2D eigenvalue weighted by Crippen LogP contribution is -2.45. The van der Waals surface area contributed by atoms with Gasteiger partial charge in [-0.25, -0.2) is 4.39 Å². The van der Waals surface area contributed by atoms with E-state index in [2.05, 4.69) is 23.1 Å². The molecule has 3 heteroatoms. The molecule has 0 bridgehead atoms. The molecule has 1 atom stereocenters. The van der Waals surface area contributed by atoms with Gasteiger partial charge >= 0.3 is 0 Å². The van der Waals surface area contributed by atoms with Crippen LogP contribution in [0.3, 0.4) is 0 Å². The number of benzene rings is 1. The second-order valence-electron chi connectivity index (χ2n) is 5.54. The maximum Gasteiger partial charge on any atom is 0.123 e. The summed E-state index contributed by atoms with van der Waals surface area (Å²) in [5.74, 6) is 2.93. The van der Waals surface area contributed by atoms with Gasteiger partial charge in [-0.3, -0.25) is 0 Å². The highest BCUT2D eigenvalue weighted by Crippen LogP contribution is 2.49. The third kappa shape index (κ3) is 2.30. The van der Waals surface area contributed by atoms with Crippen LogP contribution < -0.4 is 5.32 Å². The molecule has 0 aliphatic carbocycles. The Bertz CT molecular complexity index is 406. The summed E-state index contributed by atoms with van der Waals surface area (Å²) in [6.45, 7) is 2.13. The van der Waals surface area contributed by atoms with E-state index in [0.29, 0.717) is 11.3 Å². The van der Waals surface area contributed by atoms with E-state index < -0.39 is 0 Å². The number of thioether (sulfide) groups is 1. The minimum atomic E-state index is -0.0987. The third-order valence-electron chi connectivity index (χ3n) is 4.63. The lowest BCUT2D eigenvalue weighted by atomic mass is 9.64. The molecule has 18 heavy (non-hydrogen) atoms. The van der Waals surface area contributed by atoms with E-state index >= 15 is 0 Å². The van der Waals surface area contributed by atoms with Gasteiger partial charge in [0.05, 0.1) is 0 Å². The Kier molecular flexibility index (Phi) is 3.62. The molecule has 2 aliphatic rings. The van der Waals surface area contributed by atoms with Gasteiger partial charge in [0.1, 0.15) is 5.82 Å². The molecule has 2 heterocycles. The van der Waals surface area contributed by atoms with E-state index in [1.54, 1.807) is 12.1 Å². The average Bonchev–Trinajstić information content (AvgIpc) is 2.40. The van der Waals surface area contributed by atoms with Gasteiger partial charge in [-0.2, -0.15) is 11.8 Å². The number of hydrogen-bond acceptors (Lipinski definition) is 2. The number of rotatable bonds is 1. The van der Waals surface area contributed by atoms with Crippen LogP contribution in [0.4, 0.5) is 4.39 Å². The van der Waals surface area contributed by atoms with Gasteiger partial charge in [-0.15, -0.1) is 0 Å². The number of nitrogens with one attached hydrogen (secondary N) is 1.